The van der Waals surface area contributed by atoms with Crippen molar-refractivity contribution in [3.05, 3.63) is 35.6 Å². The summed E-state index contributed by atoms with van der Waals surface area (Å²) in [6.07, 6.45) is 1.70. The van der Waals surface area contributed by atoms with Crippen LogP contribution in [0.4, 0.5) is 4.39 Å². The quantitative estimate of drug-likeness (QED) is 0.776. The lowest BCUT2D eigenvalue weighted by Gasteiger charge is -2.16. The highest BCUT2D eigenvalue weighted by molar-refractivity contribution is 5.28. The Labute approximate surface area is 82.1 Å². The van der Waals surface area contributed by atoms with E-state index < -0.39 is 5.41 Å². The molecule has 1 aliphatic carbocycles. The van der Waals surface area contributed by atoms with Gasteiger partial charge in [-0.2, -0.15) is 5.26 Å². The Kier molecular flexibility index (Phi) is 2.01. The summed E-state index contributed by atoms with van der Waals surface area (Å²) in [6, 6.07) is 8.02. The highest BCUT2D eigenvalue weighted by Crippen LogP contribution is 2.53. The van der Waals surface area contributed by atoms with Crippen LogP contribution in [0.1, 0.15) is 24.4 Å². The average Bonchev–Trinajstić information content (AvgIpc) is 2.99. The summed E-state index contributed by atoms with van der Waals surface area (Å²) < 4.78 is 12.6. The first-order valence-corrected chi connectivity index (χ1v) is 4.60. The molecule has 1 aromatic carbocycles. The van der Waals surface area contributed by atoms with Gasteiger partial charge in [0.1, 0.15) is 5.82 Å². The van der Waals surface area contributed by atoms with Crippen LogP contribution in [0.2, 0.25) is 0 Å². The van der Waals surface area contributed by atoms with E-state index in [1.54, 1.807) is 12.1 Å². The molecule has 1 fully saturated rings. The van der Waals surface area contributed by atoms with Crippen molar-refractivity contribution in [1.82, 2.24) is 0 Å². The first-order valence-electron chi connectivity index (χ1n) is 4.60. The second-order valence-electron chi connectivity index (χ2n) is 3.80. The van der Waals surface area contributed by atoms with E-state index in [2.05, 4.69) is 6.07 Å². The molecule has 2 nitrogen and oxygen atoms in total. The monoisotopic (exact) mass is 190 g/mol. The van der Waals surface area contributed by atoms with Crippen LogP contribution in [0.5, 0.6) is 0 Å². The van der Waals surface area contributed by atoms with E-state index in [1.165, 1.54) is 12.1 Å². The van der Waals surface area contributed by atoms with Crippen LogP contribution in [0.25, 0.3) is 0 Å². The van der Waals surface area contributed by atoms with Crippen LogP contribution < -0.4 is 5.73 Å². The number of nitriles is 1. The Morgan fingerprint density at radius 1 is 1.36 bits per heavy atom. The second kappa shape index (κ2) is 3.07. The smallest absolute Gasteiger partial charge is 0.123 e. The third-order valence-electron chi connectivity index (χ3n) is 2.84. The molecule has 14 heavy (non-hydrogen) atoms. The van der Waals surface area contributed by atoms with Gasteiger partial charge in [-0.25, -0.2) is 4.39 Å². The first-order chi connectivity index (χ1) is 6.68. The highest BCUT2D eigenvalue weighted by atomic mass is 19.1. The Morgan fingerprint density at radius 3 is 2.36 bits per heavy atom. The van der Waals surface area contributed by atoms with Gasteiger partial charge in [0, 0.05) is 6.04 Å². The van der Waals surface area contributed by atoms with Gasteiger partial charge in [-0.15, -0.1) is 0 Å². The molecular weight excluding hydrogens is 179 g/mol. The van der Waals surface area contributed by atoms with Crippen molar-refractivity contribution in [2.75, 3.05) is 0 Å². The van der Waals surface area contributed by atoms with Crippen molar-refractivity contribution in [2.24, 2.45) is 11.1 Å². The van der Waals surface area contributed by atoms with E-state index in [0.717, 1.165) is 18.4 Å². The third-order valence-corrected chi connectivity index (χ3v) is 2.84. The van der Waals surface area contributed by atoms with Gasteiger partial charge >= 0.3 is 0 Å². The second-order valence-corrected chi connectivity index (χ2v) is 3.80. The molecule has 1 aliphatic rings. The molecule has 1 atom stereocenters. The number of nitrogens with two attached hydrogens (primary N) is 1. The van der Waals surface area contributed by atoms with Gasteiger partial charge in [-0.05, 0) is 30.5 Å². The minimum absolute atomic E-state index is 0.275. The maximum absolute atomic E-state index is 12.6. The maximum atomic E-state index is 12.6. The molecule has 1 aromatic rings. The van der Waals surface area contributed by atoms with Crippen molar-refractivity contribution in [2.45, 2.75) is 18.9 Å². The predicted molar refractivity (Wildman–Crippen MR) is 50.6 cm³/mol. The zero-order chi connectivity index (χ0) is 10.2. The largest absolute Gasteiger partial charge is 0.323 e. The minimum atomic E-state index is -0.391. The fourth-order valence-electron chi connectivity index (χ4n) is 1.62. The van der Waals surface area contributed by atoms with Gasteiger partial charge in [0.2, 0.25) is 0 Å². The number of nitrogens with zero attached hydrogens (tertiary/aromatic N) is 1. The van der Waals surface area contributed by atoms with Gasteiger partial charge in [-0.3, -0.25) is 0 Å². The molecule has 0 aliphatic heterocycles. The molecule has 72 valence electrons. The summed E-state index contributed by atoms with van der Waals surface area (Å²) in [4.78, 5) is 0. The Bertz CT molecular complexity index is 373. The molecule has 3 heteroatoms. The number of hydrogen-bond acceptors (Lipinski definition) is 2. The Balaban J connectivity index is 2.24. The summed E-state index contributed by atoms with van der Waals surface area (Å²) in [5.74, 6) is -0.275. The molecule has 0 amide bonds. The summed E-state index contributed by atoms with van der Waals surface area (Å²) in [5, 5.41) is 8.94. The molecule has 2 rings (SSSR count). The number of hydrogen-bond donors (Lipinski definition) is 1. The van der Waals surface area contributed by atoms with Crippen molar-refractivity contribution in [1.29, 1.82) is 5.26 Å². The third kappa shape index (κ3) is 1.38. The van der Waals surface area contributed by atoms with Crippen molar-refractivity contribution in [3.8, 4) is 6.07 Å². The van der Waals surface area contributed by atoms with Crippen molar-refractivity contribution in [3.63, 3.8) is 0 Å². The molecule has 2 N–H and O–H groups in total. The summed E-state index contributed by atoms with van der Waals surface area (Å²) in [7, 11) is 0. The van der Waals surface area contributed by atoms with Crippen LogP contribution in [0, 0.1) is 22.6 Å². The van der Waals surface area contributed by atoms with E-state index in [9.17, 15) is 4.39 Å². The topological polar surface area (TPSA) is 49.8 Å². The summed E-state index contributed by atoms with van der Waals surface area (Å²) >= 11 is 0. The lowest BCUT2D eigenvalue weighted by molar-refractivity contribution is 0.518. The lowest BCUT2D eigenvalue weighted by Crippen LogP contribution is -2.21. The zero-order valence-electron chi connectivity index (χ0n) is 7.70. The van der Waals surface area contributed by atoms with E-state index >= 15 is 0 Å². The number of benzene rings is 1. The molecule has 0 radical (unpaired) electrons. The van der Waals surface area contributed by atoms with Gasteiger partial charge in [-0.1, -0.05) is 12.1 Å². The van der Waals surface area contributed by atoms with E-state index in [1.807, 2.05) is 0 Å². The van der Waals surface area contributed by atoms with Crippen LogP contribution in [-0.2, 0) is 0 Å². The van der Waals surface area contributed by atoms with E-state index in [0.29, 0.717) is 0 Å². The number of rotatable bonds is 2. The molecule has 0 aromatic heterocycles. The van der Waals surface area contributed by atoms with Crippen LogP contribution >= 0.6 is 0 Å². The molecule has 0 bridgehead atoms. The van der Waals surface area contributed by atoms with Gasteiger partial charge in [0.25, 0.3) is 0 Å². The molecular formula is C11H11FN2. The van der Waals surface area contributed by atoms with Gasteiger partial charge in [0.15, 0.2) is 0 Å². The average molecular weight is 190 g/mol. The molecule has 1 unspecified atom stereocenters. The minimum Gasteiger partial charge on any atom is -0.323 e. The van der Waals surface area contributed by atoms with E-state index in [4.69, 9.17) is 11.0 Å². The summed E-state index contributed by atoms with van der Waals surface area (Å²) in [5.41, 5.74) is 6.40. The van der Waals surface area contributed by atoms with Gasteiger partial charge < -0.3 is 5.73 Å². The predicted octanol–water partition coefficient (Wildman–Crippen LogP) is 2.13. The van der Waals surface area contributed by atoms with Crippen LogP contribution in [0.15, 0.2) is 24.3 Å². The Hall–Kier alpha value is -1.40. The summed E-state index contributed by atoms with van der Waals surface area (Å²) in [6.45, 7) is 0. The molecule has 0 spiro atoms. The molecule has 0 heterocycles. The normalized spacial score (nSPS) is 19.8. The Morgan fingerprint density at radius 2 is 1.93 bits per heavy atom. The first kappa shape index (κ1) is 9.17. The number of halogens is 1. The van der Waals surface area contributed by atoms with E-state index in [-0.39, 0.29) is 11.9 Å². The maximum Gasteiger partial charge on any atom is 0.123 e. The van der Waals surface area contributed by atoms with Crippen molar-refractivity contribution < 1.29 is 4.39 Å². The lowest BCUT2D eigenvalue weighted by atomic mass is 9.92. The standard InChI is InChI=1S/C11H11FN2/c12-9-3-1-8(2-4-9)10(14)11(7-13)5-6-11/h1-4,10H,5-6,14H2. The fourth-order valence-corrected chi connectivity index (χ4v) is 1.62. The molecule has 0 saturated heterocycles. The van der Waals surface area contributed by atoms with Gasteiger partial charge in [0.05, 0.1) is 11.5 Å². The molecule has 1 saturated carbocycles. The SMILES string of the molecule is N#CC1(C(N)c2ccc(F)cc2)CC1. The van der Waals surface area contributed by atoms with Crippen molar-refractivity contribution >= 4 is 0 Å². The zero-order valence-corrected chi connectivity index (χ0v) is 7.70. The highest BCUT2D eigenvalue weighted by Gasteiger charge is 2.49. The van der Waals surface area contributed by atoms with Crippen LogP contribution in [-0.4, -0.2) is 0 Å². The van der Waals surface area contributed by atoms with Crippen LogP contribution in [0.3, 0.4) is 0 Å². The fraction of sp³-hybridized carbons (Fsp3) is 0.364.